The molecule has 0 aliphatic carbocycles. The number of amides is 1. The number of anilines is 1. The molecule has 1 saturated heterocycles. The first kappa shape index (κ1) is 28.0. The Hall–Kier alpha value is -3.51. The third kappa shape index (κ3) is 5.29. The highest BCUT2D eigenvalue weighted by atomic mass is 32.1. The smallest absolute Gasteiger partial charge is 0.366 e. The topological polar surface area (TPSA) is 92.6 Å². The first-order chi connectivity index (χ1) is 19.1. The highest BCUT2D eigenvalue weighted by Gasteiger charge is 2.46. The number of aromatic nitrogens is 4. The van der Waals surface area contributed by atoms with E-state index in [1.807, 2.05) is 23.6 Å². The third-order valence-electron chi connectivity index (χ3n) is 7.63. The van der Waals surface area contributed by atoms with Gasteiger partial charge in [0.05, 0.1) is 28.0 Å². The summed E-state index contributed by atoms with van der Waals surface area (Å²) in [5, 5.41) is 6.42. The number of rotatable bonds is 9. The standard InChI is InChI=1S/C28H32F3N7OS/c1-4-36(5-2)17(3)14-18-19(26(32)39)15-24(37-11-6-9-23(37)28(29,30)31)35-25(18)20-16-33-38-12-10-21(34-27(20)38)22-8-7-13-40-22/h7-8,10,12-13,15-17,23H,4-6,9,11,14H2,1-3H3,(H2,32,39)/t17-,23+/m0/s1. The Morgan fingerprint density at radius 2 is 2.02 bits per heavy atom. The number of fused-ring (bicyclic) bond motifs is 1. The zero-order chi connectivity index (χ0) is 28.6. The molecule has 5 heterocycles. The SMILES string of the molecule is CCN(CC)[C@@H](C)Cc1c(C(N)=O)cc(N2CCC[C@@H]2C(F)(F)F)nc1-c1cnn2ccc(-c3cccs3)nc12. The summed E-state index contributed by atoms with van der Waals surface area (Å²) in [6.45, 7) is 7.95. The van der Waals surface area contributed by atoms with E-state index in [-0.39, 0.29) is 30.4 Å². The van der Waals surface area contributed by atoms with Gasteiger partial charge >= 0.3 is 6.18 Å². The van der Waals surface area contributed by atoms with E-state index >= 15 is 0 Å². The van der Waals surface area contributed by atoms with E-state index in [1.54, 1.807) is 28.2 Å². The number of pyridine rings is 1. The lowest BCUT2D eigenvalue weighted by molar-refractivity contribution is -0.146. The van der Waals surface area contributed by atoms with Gasteiger partial charge in [0.15, 0.2) is 5.65 Å². The monoisotopic (exact) mass is 571 g/mol. The Morgan fingerprint density at radius 3 is 2.67 bits per heavy atom. The van der Waals surface area contributed by atoms with E-state index in [1.165, 1.54) is 11.0 Å². The van der Waals surface area contributed by atoms with Crippen molar-refractivity contribution in [2.45, 2.75) is 58.3 Å². The molecule has 0 saturated carbocycles. The number of thiophene rings is 1. The van der Waals surface area contributed by atoms with E-state index in [9.17, 15) is 18.0 Å². The predicted molar refractivity (Wildman–Crippen MR) is 151 cm³/mol. The van der Waals surface area contributed by atoms with Crippen molar-refractivity contribution in [1.82, 2.24) is 24.5 Å². The minimum absolute atomic E-state index is 0.0192. The van der Waals surface area contributed by atoms with Crippen LogP contribution in [-0.4, -0.2) is 68.3 Å². The highest BCUT2D eigenvalue weighted by Crippen LogP contribution is 2.38. The first-order valence-corrected chi connectivity index (χ1v) is 14.3. The summed E-state index contributed by atoms with van der Waals surface area (Å²) in [5.41, 5.74) is 8.78. The fourth-order valence-electron chi connectivity index (χ4n) is 5.60. The number of nitrogens with two attached hydrogens (primary N) is 1. The van der Waals surface area contributed by atoms with E-state index in [0.717, 1.165) is 23.7 Å². The lowest BCUT2D eigenvalue weighted by atomic mass is 9.95. The van der Waals surface area contributed by atoms with Gasteiger partial charge in [-0.1, -0.05) is 19.9 Å². The van der Waals surface area contributed by atoms with Gasteiger partial charge in [0.25, 0.3) is 0 Å². The molecule has 0 aromatic carbocycles. The van der Waals surface area contributed by atoms with Crippen molar-refractivity contribution in [2.24, 2.45) is 5.73 Å². The number of hydrogen-bond donors (Lipinski definition) is 1. The molecule has 2 N–H and O–H groups in total. The Kier molecular flexibility index (Phi) is 7.83. The molecule has 212 valence electrons. The van der Waals surface area contributed by atoms with Crippen LogP contribution >= 0.6 is 11.3 Å². The van der Waals surface area contributed by atoms with Crippen LogP contribution in [0.1, 0.15) is 49.5 Å². The number of likely N-dealkylation sites (N-methyl/N-ethyl adjacent to an activating group) is 1. The number of alkyl halides is 3. The molecule has 1 aliphatic heterocycles. The molecule has 1 amide bonds. The molecule has 1 fully saturated rings. The molecular formula is C28H32F3N7OS. The lowest BCUT2D eigenvalue weighted by Gasteiger charge is -2.30. The highest BCUT2D eigenvalue weighted by molar-refractivity contribution is 7.13. The average Bonchev–Trinajstić information content (AvgIpc) is 3.69. The Balaban J connectivity index is 1.73. The number of carbonyl (C=O) groups excluding carboxylic acids is 1. The summed E-state index contributed by atoms with van der Waals surface area (Å²) in [6.07, 6.45) is -0.270. The van der Waals surface area contributed by atoms with Crippen LogP contribution in [-0.2, 0) is 6.42 Å². The van der Waals surface area contributed by atoms with Gasteiger partial charge in [-0.05, 0) is 68.4 Å². The molecule has 4 aromatic heterocycles. The molecule has 40 heavy (non-hydrogen) atoms. The van der Waals surface area contributed by atoms with Gasteiger partial charge in [0, 0.05) is 24.3 Å². The molecule has 4 aromatic rings. The molecule has 8 nitrogen and oxygen atoms in total. The summed E-state index contributed by atoms with van der Waals surface area (Å²) in [4.78, 5) is 27.0. The van der Waals surface area contributed by atoms with Crippen LogP contribution in [0.3, 0.4) is 0 Å². The van der Waals surface area contributed by atoms with Crippen LogP contribution in [0.5, 0.6) is 0 Å². The number of primary amides is 1. The maximum Gasteiger partial charge on any atom is 0.408 e. The van der Waals surface area contributed by atoms with Crippen LogP contribution in [0.4, 0.5) is 19.0 Å². The number of nitrogens with zero attached hydrogens (tertiary/aromatic N) is 6. The second-order valence-electron chi connectivity index (χ2n) is 10.0. The molecule has 1 aliphatic rings. The zero-order valence-corrected chi connectivity index (χ0v) is 23.5. The number of halogens is 3. The quantitative estimate of drug-likeness (QED) is 0.288. The molecular weight excluding hydrogens is 539 g/mol. The van der Waals surface area contributed by atoms with E-state index < -0.39 is 18.1 Å². The minimum Gasteiger partial charge on any atom is -0.366 e. The van der Waals surface area contributed by atoms with Crippen LogP contribution in [0, 0.1) is 0 Å². The van der Waals surface area contributed by atoms with Crippen molar-refractivity contribution in [3.8, 4) is 21.8 Å². The summed E-state index contributed by atoms with van der Waals surface area (Å²) < 4.78 is 43.4. The second kappa shape index (κ2) is 11.2. The van der Waals surface area contributed by atoms with E-state index in [4.69, 9.17) is 15.7 Å². The third-order valence-corrected chi connectivity index (χ3v) is 8.53. The maximum absolute atomic E-state index is 13.9. The number of hydrogen-bond acceptors (Lipinski definition) is 7. The van der Waals surface area contributed by atoms with Crippen molar-refractivity contribution in [2.75, 3.05) is 24.5 Å². The largest absolute Gasteiger partial charge is 0.408 e. The Labute approximate surface area is 234 Å². The molecule has 0 bridgehead atoms. The van der Waals surface area contributed by atoms with Gasteiger partial charge in [-0.2, -0.15) is 18.3 Å². The Morgan fingerprint density at radius 1 is 1.25 bits per heavy atom. The number of carbonyl (C=O) groups is 1. The second-order valence-corrected chi connectivity index (χ2v) is 11.0. The van der Waals surface area contributed by atoms with Crippen molar-refractivity contribution in [3.63, 3.8) is 0 Å². The van der Waals surface area contributed by atoms with Crippen molar-refractivity contribution < 1.29 is 18.0 Å². The first-order valence-electron chi connectivity index (χ1n) is 13.4. The summed E-state index contributed by atoms with van der Waals surface area (Å²) >= 11 is 1.55. The fourth-order valence-corrected chi connectivity index (χ4v) is 6.30. The van der Waals surface area contributed by atoms with Gasteiger partial charge in [-0.25, -0.2) is 14.5 Å². The van der Waals surface area contributed by atoms with Gasteiger partial charge in [0.2, 0.25) is 5.91 Å². The summed E-state index contributed by atoms with van der Waals surface area (Å²) in [5.74, 6) is -0.630. The van der Waals surface area contributed by atoms with Crippen molar-refractivity contribution in [3.05, 3.63) is 53.2 Å². The average molecular weight is 572 g/mol. The lowest BCUT2D eigenvalue weighted by Crippen LogP contribution is -2.42. The maximum atomic E-state index is 13.9. The zero-order valence-electron chi connectivity index (χ0n) is 22.6. The summed E-state index contributed by atoms with van der Waals surface area (Å²) in [7, 11) is 0. The Bertz CT molecular complexity index is 1500. The predicted octanol–water partition coefficient (Wildman–Crippen LogP) is 5.42. The van der Waals surface area contributed by atoms with E-state index in [0.29, 0.717) is 35.3 Å². The fraction of sp³-hybridized carbons (Fsp3) is 0.429. The summed E-state index contributed by atoms with van der Waals surface area (Å²) in [6, 6.07) is 5.53. The minimum atomic E-state index is -4.43. The van der Waals surface area contributed by atoms with Crippen LogP contribution in [0.25, 0.3) is 27.5 Å². The van der Waals surface area contributed by atoms with Crippen LogP contribution < -0.4 is 10.6 Å². The molecule has 2 atom stereocenters. The van der Waals surface area contributed by atoms with Crippen molar-refractivity contribution >= 4 is 28.7 Å². The molecule has 5 rings (SSSR count). The van der Waals surface area contributed by atoms with Gasteiger partial charge in [-0.3, -0.25) is 4.79 Å². The molecule has 12 heteroatoms. The van der Waals surface area contributed by atoms with Crippen molar-refractivity contribution in [1.29, 1.82) is 0 Å². The van der Waals surface area contributed by atoms with Gasteiger partial charge < -0.3 is 15.5 Å². The van der Waals surface area contributed by atoms with Gasteiger partial charge in [0.1, 0.15) is 11.9 Å². The van der Waals surface area contributed by atoms with Gasteiger partial charge in [-0.15, -0.1) is 11.3 Å². The van der Waals surface area contributed by atoms with Crippen LogP contribution in [0.2, 0.25) is 0 Å². The normalized spacial score (nSPS) is 16.8. The van der Waals surface area contributed by atoms with Crippen LogP contribution in [0.15, 0.2) is 42.0 Å². The molecule has 0 unspecified atom stereocenters. The van der Waals surface area contributed by atoms with E-state index in [2.05, 4.69) is 30.8 Å². The molecule has 0 spiro atoms. The molecule has 0 radical (unpaired) electrons.